The van der Waals surface area contributed by atoms with E-state index in [0.717, 1.165) is 12.0 Å². The third-order valence-electron chi connectivity index (χ3n) is 4.90. The summed E-state index contributed by atoms with van der Waals surface area (Å²) in [6.45, 7) is 4.67. The third kappa shape index (κ3) is 6.61. The number of carbonyl (C=O) groups is 1. The number of aryl methyl sites for hydroxylation is 1. The number of amides is 1. The van der Waals surface area contributed by atoms with Gasteiger partial charge in [-0.3, -0.25) is 4.79 Å². The van der Waals surface area contributed by atoms with Gasteiger partial charge in [0.05, 0.1) is 6.61 Å². The van der Waals surface area contributed by atoms with Crippen molar-refractivity contribution < 1.29 is 14.3 Å². The molecule has 3 aromatic rings. The van der Waals surface area contributed by atoms with E-state index >= 15 is 0 Å². The number of halogens is 1. The predicted molar refractivity (Wildman–Crippen MR) is 131 cm³/mol. The minimum absolute atomic E-state index is 0.0123. The van der Waals surface area contributed by atoms with Crippen LogP contribution >= 0.6 is 11.6 Å². The van der Waals surface area contributed by atoms with Gasteiger partial charge in [-0.25, -0.2) is 0 Å². The van der Waals surface area contributed by atoms with Crippen molar-refractivity contribution in [1.82, 2.24) is 0 Å². The molecule has 0 aliphatic rings. The number of rotatable bonds is 9. The molecule has 5 nitrogen and oxygen atoms in total. The fourth-order valence-electron chi connectivity index (χ4n) is 3.11. The second-order valence-electron chi connectivity index (χ2n) is 7.19. The molecule has 3 aromatic carbocycles. The van der Waals surface area contributed by atoms with Gasteiger partial charge in [0.1, 0.15) is 18.2 Å². The van der Waals surface area contributed by atoms with Crippen molar-refractivity contribution >= 4 is 29.3 Å². The summed E-state index contributed by atoms with van der Waals surface area (Å²) < 4.78 is 11.6. The molecule has 0 saturated carbocycles. The van der Waals surface area contributed by atoms with E-state index in [-0.39, 0.29) is 12.2 Å². The molecule has 0 aliphatic heterocycles. The fourth-order valence-corrected chi connectivity index (χ4v) is 3.30. The third-order valence-corrected chi connectivity index (χ3v) is 5.27. The molecule has 1 amide bonds. The SMILES string of the molecule is CCOc1cc(/C=C(\C#N)C(=O)Nc2ccc(CC)cc2)ccc1OCc1ccccc1Cl. The minimum atomic E-state index is -0.473. The second kappa shape index (κ2) is 11.8. The Bertz CT molecular complexity index is 1180. The summed E-state index contributed by atoms with van der Waals surface area (Å²) >= 11 is 6.21. The van der Waals surface area contributed by atoms with Crippen LogP contribution in [0.4, 0.5) is 5.69 Å². The van der Waals surface area contributed by atoms with Crippen LogP contribution in [0.15, 0.2) is 72.3 Å². The Morgan fingerprint density at radius 3 is 2.45 bits per heavy atom. The summed E-state index contributed by atoms with van der Waals surface area (Å²) in [6, 6.07) is 22.2. The highest BCUT2D eigenvalue weighted by atomic mass is 35.5. The first-order valence-corrected chi connectivity index (χ1v) is 11.1. The summed E-state index contributed by atoms with van der Waals surface area (Å²) in [7, 11) is 0. The molecule has 0 bridgehead atoms. The molecule has 33 heavy (non-hydrogen) atoms. The first kappa shape index (κ1) is 23.9. The van der Waals surface area contributed by atoms with Crippen LogP contribution in [0.3, 0.4) is 0 Å². The molecule has 0 atom stereocenters. The average Bonchev–Trinajstić information content (AvgIpc) is 2.83. The molecule has 168 valence electrons. The molecule has 6 heteroatoms. The maximum Gasteiger partial charge on any atom is 0.266 e. The van der Waals surface area contributed by atoms with E-state index in [4.69, 9.17) is 21.1 Å². The van der Waals surface area contributed by atoms with Crippen molar-refractivity contribution in [3.63, 3.8) is 0 Å². The summed E-state index contributed by atoms with van der Waals surface area (Å²) in [6.07, 6.45) is 2.44. The number of nitriles is 1. The fraction of sp³-hybridized carbons (Fsp3) is 0.185. The normalized spacial score (nSPS) is 10.9. The van der Waals surface area contributed by atoms with Gasteiger partial charge in [-0.05, 0) is 60.9 Å². The largest absolute Gasteiger partial charge is 0.490 e. The van der Waals surface area contributed by atoms with Crippen molar-refractivity contribution in [2.75, 3.05) is 11.9 Å². The van der Waals surface area contributed by atoms with Crippen molar-refractivity contribution in [2.24, 2.45) is 0 Å². The molecule has 0 spiro atoms. The van der Waals surface area contributed by atoms with Gasteiger partial charge in [-0.15, -0.1) is 0 Å². The highest BCUT2D eigenvalue weighted by molar-refractivity contribution is 6.31. The van der Waals surface area contributed by atoms with Gasteiger partial charge in [0, 0.05) is 16.3 Å². The minimum Gasteiger partial charge on any atom is -0.490 e. The monoisotopic (exact) mass is 460 g/mol. The first-order valence-electron chi connectivity index (χ1n) is 10.7. The van der Waals surface area contributed by atoms with Crippen molar-refractivity contribution in [1.29, 1.82) is 5.26 Å². The standard InChI is InChI=1S/C27H25ClN2O3/c1-3-19-9-12-23(13-10-19)30-27(31)22(17-29)15-20-11-14-25(26(16-20)32-4-2)33-18-21-7-5-6-8-24(21)28/h5-16H,3-4,18H2,1-2H3,(H,30,31)/b22-15+. The molecule has 0 heterocycles. The Morgan fingerprint density at radius 2 is 1.79 bits per heavy atom. The van der Waals surface area contributed by atoms with Crippen LogP contribution in [0, 0.1) is 11.3 Å². The van der Waals surface area contributed by atoms with Crippen LogP contribution in [0.2, 0.25) is 5.02 Å². The number of nitrogens with one attached hydrogen (secondary N) is 1. The average molecular weight is 461 g/mol. The smallest absolute Gasteiger partial charge is 0.266 e. The highest BCUT2D eigenvalue weighted by Gasteiger charge is 2.12. The first-order chi connectivity index (χ1) is 16.0. The Kier molecular flexibility index (Phi) is 8.51. The van der Waals surface area contributed by atoms with Crippen LogP contribution in [-0.2, 0) is 17.8 Å². The maximum absolute atomic E-state index is 12.6. The topological polar surface area (TPSA) is 71.3 Å². The molecule has 1 N–H and O–H groups in total. The molecule has 0 radical (unpaired) electrons. The maximum atomic E-state index is 12.6. The zero-order valence-corrected chi connectivity index (χ0v) is 19.4. The summed E-state index contributed by atoms with van der Waals surface area (Å²) in [4.78, 5) is 12.6. The molecule has 0 unspecified atom stereocenters. The van der Waals surface area contributed by atoms with E-state index < -0.39 is 5.91 Å². The Labute approximate surface area is 199 Å². The Hall–Kier alpha value is -3.75. The lowest BCUT2D eigenvalue weighted by Crippen LogP contribution is -2.13. The van der Waals surface area contributed by atoms with Crippen molar-refractivity contribution in [2.45, 2.75) is 26.9 Å². The lowest BCUT2D eigenvalue weighted by Gasteiger charge is -2.13. The Balaban J connectivity index is 1.77. The van der Waals surface area contributed by atoms with Gasteiger partial charge < -0.3 is 14.8 Å². The van der Waals surface area contributed by atoms with Gasteiger partial charge in [0.25, 0.3) is 5.91 Å². The van der Waals surface area contributed by atoms with Crippen LogP contribution in [0.25, 0.3) is 6.08 Å². The number of ether oxygens (including phenoxy) is 2. The van der Waals surface area contributed by atoms with Gasteiger partial charge >= 0.3 is 0 Å². The molecular weight excluding hydrogens is 436 g/mol. The predicted octanol–water partition coefficient (Wildman–Crippen LogP) is 6.43. The van der Waals surface area contributed by atoms with E-state index in [2.05, 4.69) is 12.2 Å². The molecule has 0 aromatic heterocycles. The number of anilines is 1. The Morgan fingerprint density at radius 1 is 1.03 bits per heavy atom. The quantitative estimate of drug-likeness (QED) is 0.295. The number of carbonyl (C=O) groups excluding carboxylic acids is 1. The van der Waals surface area contributed by atoms with Crippen molar-refractivity contribution in [3.05, 3.63) is 94.0 Å². The van der Waals surface area contributed by atoms with Crippen LogP contribution < -0.4 is 14.8 Å². The van der Waals surface area contributed by atoms with Crippen molar-refractivity contribution in [3.8, 4) is 17.6 Å². The van der Waals surface area contributed by atoms with Crippen LogP contribution in [0.1, 0.15) is 30.5 Å². The molecule has 0 fully saturated rings. The number of hydrogen-bond donors (Lipinski definition) is 1. The number of hydrogen-bond acceptors (Lipinski definition) is 4. The molecule has 0 aliphatic carbocycles. The van der Waals surface area contributed by atoms with Gasteiger partial charge in [0.15, 0.2) is 11.5 Å². The van der Waals surface area contributed by atoms with E-state index in [1.807, 2.05) is 61.5 Å². The molecular formula is C27H25ClN2O3. The van der Waals surface area contributed by atoms with Gasteiger partial charge in [-0.1, -0.05) is 54.9 Å². The van der Waals surface area contributed by atoms with E-state index in [1.54, 1.807) is 18.2 Å². The lowest BCUT2D eigenvalue weighted by atomic mass is 10.1. The van der Waals surface area contributed by atoms with E-state index in [9.17, 15) is 10.1 Å². The zero-order chi connectivity index (χ0) is 23.6. The van der Waals surface area contributed by atoms with E-state index in [1.165, 1.54) is 11.6 Å². The summed E-state index contributed by atoms with van der Waals surface area (Å²) in [5.74, 6) is 0.595. The molecule has 3 rings (SSSR count). The zero-order valence-electron chi connectivity index (χ0n) is 18.6. The lowest BCUT2D eigenvalue weighted by molar-refractivity contribution is -0.112. The molecule has 0 saturated heterocycles. The number of nitrogens with zero attached hydrogens (tertiary/aromatic N) is 1. The summed E-state index contributed by atoms with van der Waals surface area (Å²) in [5.41, 5.74) is 3.31. The van der Waals surface area contributed by atoms with E-state index in [0.29, 0.717) is 34.4 Å². The van der Waals surface area contributed by atoms with Gasteiger partial charge in [-0.2, -0.15) is 5.26 Å². The second-order valence-corrected chi connectivity index (χ2v) is 7.60. The van der Waals surface area contributed by atoms with Gasteiger partial charge in [0.2, 0.25) is 0 Å². The van der Waals surface area contributed by atoms with Crippen LogP contribution in [-0.4, -0.2) is 12.5 Å². The number of benzene rings is 3. The highest BCUT2D eigenvalue weighted by Crippen LogP contribution is 2.31. The van der Waals surface area contributed by atoms with Crippen LogP contribution in [0.5, 0.6) is 11.5 Å². The summed E-state index contributed by atoms with van der Waals surface area (Å²) in [5, 5.41) is 12.9.